The van der Waals surface area contributed by atoms with Gasteiger partial charge in [-0.25, -0.2) is 15.4 Å². The monoisotopic (exact) mass is 277 g/mol. The molecular formula is C9H10F3N5S. The topological polar surface area (TPSA) is 68.8 Å². The van der Waals surface area contributed by atoms with E-state index in [1.54, 1.807) is 24.0 Å². The van der Waals surface area contributed by atoms with Gasteiger partial charge in [0, 0.05) is 25.6 Å². The van der Waals surface area contributed by atoms with E-state index in [-0.39, 0.29) is 0 Å². The van der Waals surface area contributed by atoms with Crippen LogP contribution in [-0.4, -0.2) is 14.5 Å². The maximum Gasteiger partial charge on any atom is 0.443 e. The lowest BCUT2D eigenvalue weighted by atomic mass is 10.2. The normalized spacial score (nSPS) is 13.8. The van der Waals surface area contributed by atoms with Gasteiger partial charge in [0.2, 0.25) is 0 Å². The number of hydrazine groups is 1. The molecule has 18 heavy (non-hydrogen) atoms. The zero-order valence-electron chi connectivity index (χ0n) is 9.27. The van der Waals surface area contributed by atoms with Crippen LogP contribution in [0.25, 0.3) is 0 Å². The van der Waals surface area contributed by atoms with E-state index in [1.165, 1.54) is 0 Å². The second-order valence-electron chi connectivity index (χ2n) is 3.56. The minimum absolute atomic E-state index is 0.360. The molecule has 0 fully saturated rings. The molecule has 2 heterocycles. The minimum Gasteiger partial charge on any atom is -0.336 e. The van der Waals surface area contributed by atoms with Gasteiger partial charge in [-0.05, 0) is 0 Å². The highest BCUT2D eigenvalue weighted by atomic mass is 32.1. The highest BCUT2D eigenvalue weighted by Gasteiger charge is 2.35. The van der Waals surface area contributed by atoms with Crippen LogP contribution in [0.5, 0.6) is 0 Å². The number of imidazole rings is 1. The van der Waals surface area contributed by atoms with Gasteiger partial charge in [0.15, 0.2) is 5.01 Å². The van der Waals surface area contributed by atoms with E-state index < -0.39 is 17.2 Å². The highest BCUT2D eigenvalue weighted by molar-refractivity contribution is 7.11. The summed E-state index contributed by atoms with van der Waals surface area (Å²) in [6, 6.07) is -0.612. The number of nitrogens with two attached hydrogens (primary N) is 1. The van der Waals surface area contributed by atoms with Gasteiger partial charge in [-0.15, -0.1) is 11.3 Å². The van der Waals surface area contributed by atoms with Crippen molar-refractivity contribution in [3.63, 3.8) is 0 Å². The molecule has 98 valence electrons. The fourth-order valence-corrected chi connectivity index (χ4v) is 2.33. The molecule has 3 N–H and O–H groups in total. The second-order valence-corrected chi connectivity index (χ2v) is 4.62. The van der Waals surface area contributed by atoms with Crippen molar-refractivity contribution < 1.29 is 13.2 Å². The summed E-state index contributed by atoms with van der Waals surface area (Å²) in [5.41, 5.74) is 2.45. The number of hydrogen-bond acceptors (Lipinski definition) is 5. The summed E-state index contributed by atoms with van der Waals surface area (Å²) in [5, 5.41) is -0.896. The van der Waals surface area contributed by atoms with E-state index >= 15 is 0 Å². The van der Waals surface area contributed by atoms with E-state index in [2.05, 4.69) is 15.4 Å². The summed E-state index contributed by atoms with van der Waals surface area (Å²) in [4.78, 5) is 7.77. The van der Waals surface area contributed by atoms with Crippen LogP contribution in [0.4, 0.5) is 13.2 Å². The lowest BCUT2D eigenvalue weighted by Crippen LogP contribution is -2.30. The Hall–Kier alpha value is -1.45. The summed E-state index contributed by atoms with van der Waals surface area (Å²) in [6.45, 7) is 0. The van der Waals surface area contributed by atoms with Crippen molar-refractivity contribution in [1.82, 2.24) is 20.0 Å². The minimum atomic E-state index is -4.44. The van der Waals surface area contributed by atoms with Crippen LogP contribution >= 0.6 is 11.3 Å². The number of aryl methyl sites for hydroxylation is 1. The SMILES string of the molecule is Cn1ccnc1C(NN)c1cnc(C(F)(F)F)s1. The fraction of sp³-hybridized carbons (Fsp3) is 0.333. The van der Waals surface area contributed by atoms with Crippen molar-refractivity contribution in [2.45, 2.75) is 12.2 Å². The maximum absolute atomic E-state index is 12.5. The molecule has 0 radical (unpaired) electrons. The average Bonchev–Trinajstić information content (AvgIpc) is 2.89. The van der Waals surface area contributed by atoms with Gasteiger partial charge < -0.3 is 4.57 Å². The molecule has 0 saturated heterocycles. The van der Waals surface area contributed by atoms with Gasteiger partial charge in [0.05, 0.1) is 4.88 Å². The molecule has 5 nitrogen and oxygen atoms in total. The Balaban J connectivity index is 2.35. The van der Waals surface area contributed by atoms with Gasteiger partial charge in [0.1, 0.15) is 11.9 Å². The van der Waals surface area contributed by atoms with Gasteiger partial charge in [0.25, 0.3) is 0 Å². The molecule has 0 aromatic carbocycles. The number of nitrogens with zero attached hydrogens (tertiary/aromatic N) is 3. The molecule has 2 aromatic heterocycles. The number of halogens is 3. The molecule has 0 amide bonds. The van der Waals surface area contributed by atoms with Crippen molar-refractivity contribution >= 4 is 11.3 Å². The van der Waals surface area contributed by atoms with Crippen LogP contribution < -0.4 is 11.3 Å². The maximum atomic E-state index is 12.5. The second kappa shape index (κ2) is 4.67. The Labute approximate surface area is 104 Å². The van der Waals surface area contributed by atoms with E-state index in [9.17, 15) is 13.2 Å². The van der Waals surface area contributed by atoms with Crippen molar-refractivity contribution in [3.8, 4) is 0 Å². The summed E-state index contributed by atoms with van der Waals surface area (Å²) < 4.78 is 39.1. The quantitative estimate of drug-likeness (QED) is 0.658. The largest absolute Gasteiger partial charge is 0.443 e. The number of alkyl halides is 3. The first-order valence-corrected chi connectivity index (χ1v) is 5.71. The number of thiazole rings is 1. The predicted octanol–water partition coefficient (Wildman–Crippen LogP) is 1.45. The van der Waals surface area contributed by atoms with Crippen LogP contribution in [0.15, 0.2) is 18.6 Å². The summed E-state index contributed by atoms with van der Waals surface area (Å²) in [7, 11) is 1.73. The lowest BCUT2D eigenvalue weighted by molar-refractivity contribution is -0.137. The first-order chi connectivity index (χ1) is 8.43. The lowest BCUT2D eigenvalue weighted by Gasteiger charge is -2.13. The Bertz CT molecular complexity index is 532. The van der Waals surface area contributed by atoms with Crippen molar-refractivity contribution in [3.05, 3.63) is 34.3 Å². The number of rotatable bonds is 3. The average molecular weight is 277 g/mol. The van der Waals surface area contributed by atoms with Crippen molar-refractivity contribution in [2.24, 2.45) is 12.9 Å². The summed E-state index contributed by atoms with van der Waals surface area (Å²) in [5.74, 6) is 5.90. The predicted molar refractivity (Wildman–Crippen MR) is 59.5 cm³/mol. The van der Waals surface area contributed by atoms with Crippen LogP contribution in [0, 0.1) is 0 Å². The molecule has 0 spiro atoms. The molecular weight excluding hydrogens is 267 g/mol. The molecule has 0 aliphatic heterocycles. The van der Waals surface area contributed by atoms with Gasteiger partial charge in [-0.3, -0.25) is 5.84 Å². The summed E-state index contributed by atoms with van der Waals surface area (Å²) in [6.07, 6.45) is -0.0485. The fourth-order valence-electron chi connectivity index (χ4n) is 1.49. The molecule has 1 atom stereocenters. The van der Waals surface area contributed by atoms with Crippen LogP contribution in [0.3, 0.4) is 0 Å². The third kappa shape index (κ3) is 2.37. The van der Waals surface area contributed by atoms with Crippen molar-refractivity contribution in [1.29, 1.82) is 0 Å². The number of aromatic nitrogens is 3. The molecule has 2 rings (SSSR count). The highest BCUT2D eigenvalue weighted by Crippen LogP contribution is 2.35. The Morgan fingerprint density at radius 1 is 1.44 bits per heavy atom. The van der Waals surface area contributed by atoms with Gasteiger partial charge in [-0.1, -0.05) is 0 Å². The Morgan fingerprint density at radius 2 is 2.17 bits per heavy atom. The summed E-state index contributed by atoms with van der Waals surface area (Å²) >= 11 is 0.547. The molecule has 1 unspecified atom stereocenters. The smallest absolute Gasteiger partial charge is 0.336 e. The van der Waals surface area contributed by atoms with Crippen LogP contribution in [0.1, 0.15) is 21.8 Å². The molecule has 0 aliphatic rings. The third-order valence-corrected chi connectivity index (χ3v) is 3.44. The zero-order valence-corrected chi connectivity index (χ0v) is 10.1. The van der Waals surface area contributed by atoms with Gasteiger partial charge >= 0.3 is 6.18 Å². The number of nitrogens with one attached hydrogen (secondary N) is 1. The van der Waals surface area contributed by atoms with E-state index in [0.29, 0.717) is 22.0 Å². The van der Waals surface area contributed by atoms with Gasteiger partial charge in [-0.2, -0.15) is 13.2 Å². The van der Waals surface area contributed by atoms with E-state index in [1.807, 2.05) is 0 Å². The Kier molecular flexibility index (Phi) is 3.37. The molecule has 0 saturated carbocycles. The van der Waals surface area contributed by atoms with Crippen LogP contribution in [0.2, 0.25) is 0 Å². The Morgan fingerprint density at radius 3 is 2.61 bits per heavy atom. The van der Waals surface area contributed by atoms with E-state index in [0.717, 1.165) is 6.20 Å². The first-order valence-electron chi connectivity index (χ1n) is 4.89. The molecule has 0 bridgehead atoms. The zero-order chi connectivity index (χ0) is 13.3. The van der Waals surface area contributed by atoms with Crippen LogP contribution in [-0.2, 0) is 13.2 Å². The number of hydrogen-bond donors (Lipinski definition) is 2. The van der Waals surface area contributed by atoms with Crippen molar-refractivity contribution in [2.75, 3.05) is 0 Å². The third-order valence-electron chi connectivity index (χ3n) is 2.33. The standard InChI is InChI=1S/C9H10F3N5S/c1-17-3-2-14-7(17)6(16-13)5-4-15-8(18-5)9(10,11)12/h2-4,6,16H,13H2,1H3. The molecule has 0 aliphatic carbocycles. The molecule has 2 aromatic rings. The molecule has 9 heteroatoms. The first kappa shape index (κ1) is 13.0. The van der Waals surface area contributed by atoms with E-state index in [4.69, 9.17) is 5.84 Å².